The van der Waals surface area contributed by atoms with E-state index in [0.29, 0.717) is 23.9 Å². The SMILES string of the molecule is CC(C)(C)c1ccc(S(=O)(=O)N2CCC(c3cc4cc(Cl)ccc4[nH]3)CC2)cc1. The second-order valence-corrected chi connectivity index (χ2v) is 11.3. The molecule has 0 aliphatic carbocycles. The topological polar surface area (TPSA) is 53.2 Å². The zero-order chi connectivity index (χ0) is 20.8. The number of nitrogens with one attached hydrogen (secondary N) is 1. The van der Waals surface area contributed by atoms with Crippen LogP contribution in [0, 0.1) is 0 Å². The maximum Gasteiger partial charge on any atom is 0.243 e. The van der Waals surface area contributed by atoms with Gasteiger partial charge in [-0.15, -0.1) is 0 Å². The molecule has 0 unspecified atom stereocenters. The number of nitrogens with zero attached hydrogens (tertiary/aromatic N) is 1. The Morgan fingerprint density at radius 3 is 2.28 bits per heavy atom. The van der Waals surface area contributed by atoms with Crippen LogP contribution < -0.4 is 0 Å². The smallest absolute Gasteiger partial charge is 0.243 e. The lowest BCUT2D eigenvalue weighted by atomic mass is 9.87. The zero-order valence-electron chi connectivity index (χ0n) is 17.1. The van der Waals surface area contributed by atoms with Crippen molar-refractivity contribution in [2.75, 3.05) is 13.1 Å². The Bertz CT molecular complexity index is 1120. The summed E-state index contributed by atoms with van der Waals surface area (Å²) in [5.41, 5.74) is 3.37. The second-order valence-electron chi connectivity index (χ2n) is 8.91. The van der Waals surface area contributed by atoms with E-state index in [9.17, 15) is 8.42 Å². The number of hydrogen-bond donors (Lipinski definition) is 1. The first-order valence-electron chi connectivity index (χ1n) is 10.0. The number of rotatable bonds is 3. The van der Waals surface area contributed by atoms with Gasteiger partial charge in [-0.3, -0.25) is 0 Å². The molecular formula is C23H27ClN2O2S. The number of aromatic amines is 1. The van der Waals surface area contributed by atoms with E-state index in [1.165, 1.54) is 0 Å². The number of H-pyrrole nitrogens is 1. The average Bonchev–Trinajstić information content (AvgIpc) is 3.10. The molecule has 1 aromatic heterocycles. The van der Waals surface area contributed by atoms with Crippen LogP contribution in [0.2, 0.25) is 5.02 Å². The molecule has 0 radical (unpaired) electrons. The molecule has 29 heavy (non-hydrogen) atoms. The van der Waals surface area contributed by atoms with Crippen LogP contribution in [-0.2, 0) is 15.4 Å². The summed E-state index contributed by atoms with van der Waals surface area (Å²) in [4.78, 5) is 3.85. The van der Waals surface area contributed by atoms with Crippen molar-refractivity contribution in [1.29, 1.82) is 0 Å². The van der Waals surface area contributed by atoms with Crippen molar-refractivity contribution in [3.05, 3.63) is 64.8 Å². The Hall–Kier alpha value is -1.82. The molecule has 1 saturated heterocycles. The van der Waals surface area contributed by atoms with Gasteiger partial charge in [-0.25, -0.2) is 8.42 Å². The first-order valence-corrected chi connectivity index (χ1v) is 11.9. The van der Waals surface area contributed by atoms with Gasteiger partial charge < -0.3 is 4.98 Å². The number of piperidine rings is 1. The summed E-state index contributed by atoms with van der Waals surface area (Å²) in [7, 11) is -3.45. The Kier molecular flexibility index (Phi) is 5.26. The molecule has 0 atom stereocenters. The van der Waals surface area contributed by atoms with Gasteiger partial charge >= 0.3 is 0 Å². The Morgan fingerprint density at radius 2 is 1.66 bits per heavy atom. The molecule has 154 valence electrons. The third-order valence-electron chi connectivity index (χ3n) is 5.86. The molecule has 2 aromatic carbocycles. The van der Waals surface area contributed by atoms with Crippen molar-refractivity contribution in [1.82, 2.24) is 9.29 Å². The highest BCUT2D eigenvalue weighted by Crippen LogP contribution is 2.33. The van der Waals surface area contributed by atoms with Crippen LogP contribution in [0.15, 0.2) is 53.4 Å². The van der Waals surface area contributed by atoms with Gasteiger partial charge in [-0.1, -0.05) is 44.5 Å². The normalized spacial score (nSPS) is 17.1. The van der Waals surface area contributed by atoms with E-state index >= 15 is 0 Å². The van der Waals surface area contributed by atoms with E-state index in [-0.39, 0.29) is 5.41 Å². The molecule has 1 N–H and O–H groups in total. The van der Waals surface area contributed by atoms with Gasteiger partial charge in [-0.2, -0.15) is 4.31 Å². The summed E-state index contributed by atoms with van der Waals surface area (Å²) < 4.78 is 27.8. The number of benzene rings is 2. The summed E-state index contributed by atoms with van der Waals surface area (Å²) in [6.45, 7) is 7.44. The van der Waals surface area contributed by atoms with Gasteiger partial charge in [0.25, 0.3) is 0 Å². The highest BCUT2D eigenvalue weighted by molar-refractivity contribution is 7.89. The lowest BCUT2D eigenvalue weighted by Crippen LogP contribution is -2.38. The van der Waals surface area contributed by atoms with E-state index in [2.05, 4.69) is 31.8 Å². The first kappa shape index (κ1) is 20.5. The van der Waals surface area contributed by atoms with Gasteiger partial charge in [0, 0.05) is 40.6 Å². The molecule has 0 spiro atoms. The number of sulfonamides is 1. The second kappa shape index (κ2) is 7.46. The number of hydrogen-bond acceptors (Lipinski definition) is 2. The van der Waals surface area contributed by atoms with Crippen LogP contribution in [0.25, 0.3) is 10.9 Å². The molecule has 4 rings (SSSR count). The van der Waals surface area contributed by atoms with Crippen molar-refractivity contribution in [3.63, 3.8) is 0 Å². The monoisotopic (exact) mass is 430 g/mol. The Balaban J connectivity index is 1.48. The van der Waals surface area contributed by atoms with Crippen LogP contribution >= 0.6 is 11.6 Å². The third kappa shape index (κ3) is 4.09. The minimum absolute atomic E-state index is 0.00441. The summed E-state index contributed by atoms with van der Waals surface area (Å²) in [5.74, 6) is 0.330. The fourth-order valence-corrected chi connectivity index (χ4v) is 5.68. The van der Waals surface area contributed by atoms with E-state index in [4.69, 9.17) is 11.6 Å². The Morgan fingerprint density at radius 1 is 1.00 bits per heavy atom. The average molecular weight is 431 g/mol. The fourth-order valence-electron chi connectivity index (χ4n) is 4.03. The van der Waals surface area contributed by atoms with Crippen molar-refractivity contribution >= 4 is 32.5 Å². The van der Waals surface area contributed by atoms with E-state index in [1.807, 2.05) is 30.3 Å². The summed E-state index contributed by atoms with van der Waals surface area (Å²) in [6.07, 6.45) is 1.61. The van der Waals surface area contributed by atoms with Crippen LogP contribution in [0.3, 0.4) is 0 Å². The van der Waals surface area contributed by atoms with Crippen molar-refractivity contribution in [2.45, 2.75) is 49.8 Å². The third-order valence-corrected chi connectivity index (χ3v) is 8.00. The maximum absolute atomic E-state index is 13.1. The predicted molar refractivity (Wildman–Crippen MR) is 119 cm³/mol. The van der Waals surface area contributed by atoms with Gasteiger partial charge in [0.05, 0.1) is 4.90 Å². The number of aromatic nitrogens is 1. The molecule has 4 nitrogen and oxygen atoms in total. The predicted octanol–water partition coefficient (Wildman–Crippen LogP) is 5.69. The van der Waals surface area contributed by atoms with Gasteiger partial charge in [-0.05, 0) is 60.2 Å². The lowest BCUT2D eigenvalue weighted by Gasteiger charge is -2.31. The highest BCUT2D eigenvalue weighted by atomic mass is 35.5. The molecule has 3 aromatic rings. The zero-order valence-corrected chi connectivity index (χ0v) is 18.6. The van der Waals surface area contributed by atoms with Gasteiger partial charge in [0.1, 0.15) is 0 Å². The lowest BCUT2D eigenvalue weighted by molar-refractivity contribution is 0.317. The van der Waals surface area contributed by atoms with E-state index in [1.54, 1.807) is 16.4 Å². The van der Waals surface area contributed by atoms with Crippen molar-refractivity contribution in [2.24, 2.45) is 0 Å². The number of fused-ring (bicyclic) bond motifs is 1. The van der Waals surface area contributed by atoms with Crippen LogP contribution in [0.5, 0.6) is 0 Å². The fraction of sp³-hybridized carbons (Fsp3) is 0.391. The summed E-state index contributed by atoms with van der Waals surface area (Å²) >= 11 is 6.09. The highest BCUT2D eigenvalue weighted by Gasteiger charge is 2.30. The van der Waals surface area contributed by atoms with Crippen molar-refractivity contribution in [3.8, 4) is 0 Å². The maximum atomic E-state index is 13.1. The minimum Gasteiger partial charge on any atom is -0.358 e. The molecule has 6 heteroatoms. The molecule has 1 fully saturated rings. The van der Waals surface area contributed by atoms with Crippen molar-refractivity contribution < 1.29 is 8.42 Å². The molecule has 1 aliphatic rings. The first-order chi connectivity index (χ1) is 13.6. The molecular weight excluding hydrogens is 404 g/mol. The quantitative estimate of drug-likeness (QED) is 0.580. The molecule has 2 heterocycles. The van der Waals surface area contributed by atoms with Crippen LogP contribution in [-0.4, -0.2) is 30.8 Å². The molecule has 0 amide bonds. The van der Waals surface area contributed by atoms with Gasteiger partial charge in [0.15, 0.2) is 0 Å². The largest absolute Gasteiger partial charge is 0.358 e. The summed E-state index contributed by atoms with van der Waals surface area (Å²) in [6, 6.07) is 15.3. The molecule has 1 aliphatic heterocycles. The minimum atomic E-state index is -3.45. The number of halogens is 1. The molecule has 0 saturated carbocycles. The standard InChI is InChI=1S/C23H27ClN2O2S/c1-23(2,3)18-4-7-20(8-5-18)29(27,28)26-12-10-16(11-13-26)22-15-17-14-19(24)6-9-21(17)25-22/h4-9,14-16,25H,10-13H2,1-3H3. The van der Waals surface area contributed by atoms with Crippen LogP contribution in [0.1, 0.15) is 50.8 Å². The summed E-state index contributed by atoms with van der Waals surface area (Å²) in [5, 5.41) is 1.82. The molecule has 0 bridgehead atoms. The van der Waals surface area contributed by atoms with Gasteiger partial charge in [0.2, 0.25) is 10.0 Å². The van der Waals surface area contributed by atoms with E-state index < -0.39 is 10.0 Å². The van der Waals surface area contributed by atoms with Crippen LogP contribution in [0.4, 0.5) is 0 Å². The Labute approximate surface area is 177 Å². The van der Waals surface area contributed by atoms with E-state index in [0.717, 1.165) is 40.0 Å².